The van der Waals surface area contributed by atoms with Crippen molar-refractivity contribution >= 4 is 21.7 Å². The molecule has 17 heavy (non-hydrogen) atoms. The highest BCUT2D eigenvalue weighted by molar-refractivity contribution is 9.10. The Balaban J connectivity index is 2.07. The molecular weight excluding hydrogens is 283 g/mol. The number of pyridine rings is 1. The molecule has 0 aliphatic carbocycles. The van der Waals surface area contributed by atoms with Gasteiger partial charge in [-0.2, -0.15) is 0 Å². The minimum atomic E-state index is -0.219. The maximum Gasteiger partial charge on any atom is 0.140 e. The number of halogens is 2. The normalized spacial score (nSPS) is 10.3. The van der Waals surface area contributed by atoms with Gasteiger partial charge in [0.15, 0.2) is 0 Å². The SMILES string of the molecule is Cc1ccnc(NCc2ccc(F)cc2)c1Br. The maximum atomic E-state index is 12.7. The van der Waals surface area contributed by atoms with Crippen LogP contribution in [-0.4, -0.2) is 4.98 Å². The average Bonchev–Trinajstić information content (AvgIpc) is 2.33. The molecule has 0 spiro atoms. The van der Waals surface area contributed by atoms with Gasteiger partial charge in [0.05, 0.1) is 4.47 Å². The average molecular weight is 295 g/mol. The maximum absolute atomic E-state index is 12.7. The van der Waals surface area contributed by atoms with Gasteiger partial charge in [0, 0.05) is 12.7 Å². The predicted octanol–water partition coefficient (Wildman–Crippen LogP) is 3.90. The van der Waals surface area contributed by atoms with Gasteiger partial charge in [-0.05, 0) is 52.2 Å². The van der Waals surface area contributed by atoms with Crippen molar-refractivity contribution < 1.29 is 4.39 Å². The van der Waals surface area contributed by atoms with E-state index in [4.69, 9.17) is 0 Å². The summed E-state index contributed by atoms with van der Waals surface area (Å²) in [4.78, 5) is 4.24. The summed E-state index contributed by atoms with van der Waals surface area (Å²) in [5.74, 6) is 0.581. The van der Waals surface area contributed by atoms with Gasteiger partial charge in [-0.1, -0.05) is 12.1 Å². The highest BCUT2D eigenvalue weighted by Crippen LogP contribution is 2.23. The Kier molecular flexibility index (Phi) is 3.74. The molecule has 0 aliphatic rings. The van der Waals surface area contributed by atoms with E-state index in [0.29, 0.717) is 6.54 Å². The number of benzene rings is 1. The van der Waals surface area contributed by atoms with E-state index in [-0.39, 0.29) is 5.82 Å². The largest absolute Gasteiger partial charge is 0.365 e. The quantitative estimate of drug-likeness (QED) is 0.928. The number of anilines is 1. The summed E-state index contributed by atoms with van der Waals surface area (Å²) < 4.78 is 13.7. The van der Waals surface area contributed by atoms with Gasteiger partial charge in [0.25, 0.3) is 0 Å². The molecule has 4 heteroatoms. The first kappa shape index (κ1) is 12.0. The Morgan fingerprint density at radius 3 is 2.65 bits per heavy atom. The molecule has 0 radical (unpaired) electrons. The predicted molar refractivity (Wildman–Crippen MR) is 70.4 cm³/mol. The number of aromatic nitrogens is 1. The second-order valence-electron chi connectivity index (χ2n) is 3.77. The molecule has 2 aromatic rings. The van der Waals surface area contributed by atoms with Crippen molar-refractivity contribution in [2.45, 2.75) is 13.5 Å². The Morgan fingerprint density at radius 2 is 1.94 bits per heavy atom. The fourth-order valence-corrected chi connectivity index (χ4v) is 1.83. The number of nitrogens with one attached hydrogen (secondary N) is 1. The molecule has 2 nitrogen and oxygen atoms in total. The van der Waals surface area contributed by atoms with Crippen LogP contribution in [0.25, 0.3) is 0 Å². The minimum Gasteiger partial charge on any atom is -0.365 e. The fourth-order valence-electron chi connectivity index (χ4n) is 1.45. The second kappa shape index (κ2) is 5.27. The van der Waals surface area contributed by atoms with E-state index >= 15 is 0 Å². The molecule has 1 aromatic heterocycles. The van der Waals surface area contributed by atoms with Crippen molar-refractivity contribution in [2.75, 3.05) is 5.32 Å². The molecule has 88 valence electrons. The molecule has 0 aliphatic heterocycles. The highest BCUT2D eigenvalue weighted by Gasteiger charge is 2.03. The van der Waals surface area contributed by atoms with Crippen LogP contribution in [-0.2, 0) is 6.54 Å². The van der Waals surface area contributed by atoms with Crippen molar-refractivity contribution in [3.8, 4) is 0 Å². The van der Waals surface area contributed by atoms with Crippen molar-refractivity contribution in [3.05, 3.63) is 57.9 Å². The van der Waals surface area contributed by atoms with Gasteiger partial charge < -0.3 is 5.32 Å². The third-order valence-corrected chi connectivity index (χ3v) is 3.46. The minimum absolute atomic E-state index is 0.219. The topological polar surface area (TPSA) is 24.9 Å². The van der Waals surface area contributed by atoms with Crippen molar-refractivity contribution in [2.24, 2.45) is 0 Å². The molecule has 0 atom stereocenters. The summed E-state index contributed by atoms with van der Waals surface area (Å²) in [7, 11) is 0. The number of hydrogen-bond acceptors (Lipinski definition) is 2. The van der Waals surface area contributed by atoms with Gasteiger partial charge >= 0.3 is 0 Å². The van der Waals surface area contributed by atoms with Crippen LogP contribution < -0.4 is 5.32 Å². The van der Waals surface area contributed by atoms with Crippen molar-refractivity contribution in [3.63, 3.8) is 0 Å². The van der Waals surface area contributed by atoms with Gasteiger partial charge in [0.1, 0.15) is 11.6 Å². The summed E-state index contributed by atoms with van der Waals surface area (Å²) in [5, 5.41) is 3.21. The Morgan fingerprint density at radius 1 is 1.24 bits per heavy atom. The summed E-state index contributed by atoms with van der Waals surface area (Å²) in [6.07, 6.45) is 1.76. The third-order valence-electron chi connectivity index (χ3n) is 2.46. The number of rotatable bonds is 3. The van der Waals surface area contributed by atoms with Gasteiger partial charge in [-0.15, -0.1) is 0 Å². The fraction of sp³-hybridized carbons (Fsp3) is 0.154. The lowest BCUT2D eigenvalue weighted by Crippen LogP contribution is -2.02. The molecular formula is C13H12BrFN2. The van der Waals surface area contributed by atoms with E-state index in [0.717, 1.165) is 21.4 Å². The molecule has 0 fully saturated rings. The van der Waals surface area contributed by atoms with Crippen molar-refractivity contribution in [1.29, 1.82) is 0 Å². The number of aryl methyl sites for hydroxylation is 1. The monoisotopic (exact) mass is 294 g/mol. The molecule has 1 aromatic carbocycles. The summed E-state index contributed by atoms with van der Waals surface area (Å²) in [6.45, 7) is 2.63. The van der Waals surface area contributed by atoms with Crippen LogP contribution in [0.3, 0.4) is 0 Å². The van der Waals surface area contributed by atoms with Gasteiger partial charge in [-0.25, -0.2) is 9.37 Å². The molecule has 0 unspecified atom stereocenters. The van der Waals surface area contributed by atoms with Crippen LogP contribution >= 0.6 is 15.9 Å². The number of nitrogens with zero attached hydrogens (tertiary/aromatic N) is 1. The van der Waals surface area contributed by atoms with Crippen LogP contribution in [0.5, 0.6) is 0 Å². The molecule has 0 amide bonds. The first-order valence-electron chi connectivity index (χ1n) is 5.26. The number of hydrogen-bond donors (Lipinski definition) is 1. The zero-order valence-corrected chi connectivity index (χ0v) is 11.0. The zero-order chi connectivity index (χ0) is 12.3. The van der Waals surface area contributed by atoms with E-state index < -0.39 is 0 Å². The zero-order valence-electron chi connectivity index (χ0n) is 9.37. The first-order chi connectivity index (χ1) is 8.16. The van der Waals surface area contributed by atoms with Gasteiger partial charge in [0.2, 0.25) is 0 Å². The summed E-state index contributed by atoms with van der Waals surface area (Å²) in [6, 6.07) is 8.36. The van der Waals surface area contributed by atoms with Crippen LogP contribution in [0.4, 0.5) is 10.2 Å². The van der Waals surface area contributed by atoms with E-state index in [1.54, 1.807) is 18.3 Å². The molecule has 2 rings (SSSR count). The third kappa shape index (κ3) is 3.03. The Labute approximate surface area is 108 Å². The molecule has 1 heterocycles. The molecule has 1 N–H and O–H groups in total. The van der Waals surface area contributed by atoms with Crippen LogP contribution in [0.2, 0.25) is 0 Å². The summed E-state index contributed by atoms with van der Waals surface area (Å²) >= 11 is 3.48. The highest BCUT2D eigenvalue weighted by atomic mass is 79.9. The molecule has 0 bridgehead atoms. The summed E-state index contributed by atoms with van der Waals surface area (Å²) in [5.41, 5.74) is 2.14. The van der Waals surface area contributed by atoms with E-state index in [2.05, 4.69) is 26.2 Å². The van der Waals surface area contributed by atoms with E-state index in [1.165, 1.54) is 12.1 Å². The lowest BCUT2D eigenvalue weighted by molar-refractivity contribution is 0.627. The Hall–Kier alpha value is -1.42. The lowest BCUT2D eigenvalue weighted by atomic mass is 10.2. The smallest absolute Gasteiger partial charge is 0.140 e. The lowest BCUT2D eigenvalue weighted by Gasteiger charge is -2.09. The van der Waals surface area contributed by atoms with Crippen LogP contribution in [0, 0.1) is 12.7 Å². The molecule has 0 saturated heterocycles. The second-order valence-corrected chi connectivity index (χ2v) is 4.56. The van der Waals surface area contributed by atoms with E-state index in [1.807, 2.05) is 13.0 Å². The first-order valence-corrected chi connectivity index (χ1v) is 6.05. The van der Waals surface area contributed by atoms with Crippen LogP contribution in [0.15, 0.2) is 41.0 Å². The van der Waals surface area contributed by atoms with Crippen molar-refractivity contribution in [1.82, 2.24) is 4.98 Å². The van der Waals surface area contributed by atoms with E-state index in [9.17, 15) is 4.39 Å². The van der Waals surface area contributed by atoms with Gasteiger partial charge in [-0.3, -0.25) is 0 Å². The van der Waals surface area contributed by atoms with Crippen LogP contribution in [0.1, 0.15) is 11.1 Å². The standard InChI is InChI=1S/C13H12BrFN2/c1-9-6-7-16-13(12(9)14)17-8-10-2-4-11(15)5-3-10/h2-7H,8H2,1H3,(H,16,17). The Bertz CT molecular complexity index is 511. The molecule has 0 saturated carbocycles.